The molecule has 18 atom stereocenters. The highest BCUT2D eigenvalue weighted by Crippen LogP contribution is 2.45. The Kier molecular flexibility index (Phi) is 20.5. The molecular weight excluding hydrogens is 921 g/mol. The lowest BCUT2D eigenvalue weighted by atomic mass is 9.67. The van der Waals surface area contributed by atoms with E-state index in [-0.39, 0.29) is 43.4 Å². The van der Waals surface area contributed by atoms with Gasteiger partial charge in [0.15, 0.2) is 6.29 Å². The minimum Gasteiger partial charge on any atom is -0.459 e. The first-order chi connectivity index (χ1) is 33.3. The number of likely N-dealkylation sites (N-methyl/N-ethyl adjacent to an activating group) is 2. The monoisotopic (exact) mass is 1010 g/mol. The Bertz CT molecular complexity index is 2000. The van der Waals surface area contributed by atoms with Crippen molar-refractivity contribution in [3.63, 3.8) is 0 Å². The number of ether oxygens (including phenoxy) is 6. The second kappa shape index (κ2) is 24.9. The van der Waals surface area contributed by atoms with E-state index in [1.165, 1.54) is 26.2 Å². The third kappa shape index (κ3) is 13.9. The number of carbonyl (C=O) groups excluding carboxylic acids is 1. The molecule has 3 aliphatic rings. The average molecular weight is 1010 g/mol. The van der Waals surface area contributed by atoms with Crippen LogP contribution in [0.5, 0.6) is 0 Å². The normalized spacial score (nSPS) is 39.4. The maximum atomic E-state index is 14.7. The van der Waals surface area contributed by atoms with Gasteiger partial charge in [-0.15, -0.1) is 5.10 Å². The molecule has 1 aromatic heterocycles. The van der Waals surface area contributed by atoms with Gasteiger partial charge in [0.1, 0.15) is 30.0 Å². The Labute approximate surface area is 420 Å². The number of esters is 1. The number of nitro benzene ring substituents is 1. The van der Waals surface area contributed by atoms with Crippen molar-refractivity contribution >= 4 is 11.7 Å². The van der Waals surface area contributed by atoms with E-state index < -0.39 is 107 Å². The SMILES string of the molecule is CC[C@H]1OC(=O)[C@H](C)[C@@H](C2C[C@@](C)(OC)[C@@H](O)[C@H](C)O2)[C@H](C)[C@@H](O[C@@H]2O[C@H](C)C[C@H](N(C)CCc3cn(CCOCc4ccc([N+](=O)[O-])cc4)nn3)[C@H]2O)[C@@](O)(CC)C[C@@H](C)CN(C)[C@H](C)[C@@H](O)[C@]1(C)O. The van der Waals surface area contributed by atoms with E-state index in [4.69, 9.17) is 28.4 Å². The summed E-state index contributed by atoms with van der Waals surface area (Å²) in [5.74, 6) is -3.17. The highest BCUT2D eigenvalue weighted by molar-refractivity contribution is 5.73. The lowest BCUT2D eigenvalue weighted by molar-refractivity contribution is -0.384. The first-order valence-corrected chi connectivity index (χ1v) is 25.6. The summed E-state index contributed by atoms with van der Waals surface area (Å²) in [6.45, 7) is 20.2. The van der Waals surface area contributed by atoms with Gasteiger partial charge in [-0.3, -0.25) is 14.9 Å². The van der Waals surface area contributed by atoms with Crippen LogP contribution < -0.4 is 0 Å². The second-order valence-electron chi connectivity index (χ2n) is 21.6. The van der Waals surface area contributed by atoms with Gasteiger partial charge in [-0.2, -0.15) is 0 Å². The molecule has 20 heteroatoms. The molecule has 4 heterocycles. The van der Waals surface area contributed by atoms with Crippen LogP contribution in [0.15, 0.2) is 30.5 Å². The fraction of sp³-hybridized carbons (Fsp3) is 0.824. The van der Waals surface area contributed by atoms with E-state index >= 15 is 0 Å². The Morgan fingerprint density at radius 1 is 1.00 bits per heavy atom. The molecule has 1 aromatic carbocycles. The van der Waals surface area contributed by atoms with Crippen molar-refractivity contribution in [2.24, 2.45) is 23.7 Å². The molecule has 3 aliphatic heterocycles. The Morgan fingerprint density at radius 2 is 1.68 bits per heavy atom. The van der Waals surface area contributed by atoms with E-state index in [1.54, 1.807) is 37.6 Å². The quantitative estimate of drug-likeness (QED) is 0.0692. The molecule has 0 spiro atoms. The van der Waals surface area contributed by atoms with Gasteiger partial charge in [0.05, 0.1) is 71.9 Å². The zero-order chi connectivity index (χ0) is 52.7. The summed E-state index contributed by atoms with van der Waals surface area (Å²) in [4.78, 5) is 29.2. The molecule has 20 nitrogen and oxygen atoms in total. The van der Waals surface area contributed by atoms with Crippen LogP contribution in [0.1, 0.15) is 113 Å². The van der Waals surface area contributed by atoms with Crippen molar-refractivity contribution in [3.05, 3.63) is 51.8 Å². The van der Waals surface area contributed by atoms with Crippen LogP contribution in [0.4, 0.5) is 5.69 Å². The van der Waals surface area contributed by atoms with E-state index in [0.29, 0.717) is 45.7 Å². The Hall–Kier alpha value is -3.25. The molecule has 1 unspecified atom stereocenters. The van der Waals surface area contributed by atoms with Crippen molar-refractivity contribution < 1.29 is 63.7 Å². The number of aromatic nitrogens is 3. The minimum atomic E-state index is -1.82. The number of carbonyl (C=O) groups is 1. The summed E-state index contributed by atoms with van der Waals surface area (Å²) in [6, 6.07) is 5.24. The number of non-ortho nitro benzene ring substituents is 1. The molecule has 3 saturated heterocycles. The number of nitrogens with zero attached hydrogens (tertiary/aromatic N) is 6. The summed E-state index contributed by atoms with van der Waals surface area (Å²) >= 11 is 0. The topological polar surface area (TPSA) is 254 Å². The highest BCUT2D eigenvalue weighted by Gasteiger charge is 2.55. The molecule has 0 saturated carbocycles. The van der Waals surface area contributed by atoms with Crippen LogP contribution >= 0.6 is 0 Å². The van der Waals surface area contributed by atoms with Crippen molar-refractivity contribution in [1.29, 1.82) is 0 Å². The van der Waals surface area contributed by atoms with Gasteiger partial charge in [0.25, 0.3) is 5.69 Å². The fourth-order valence-corrected chi connectivity index (χ4v) is 11.4. The van der Waals surface area contributed by atoms with Crippen LogP contribution in [-0.4, -0.2) is 186 Å². The van der Waals surface area contributed by atoms with Gasteiger partial charge < -0.3 is 63.8 Å². The summed E-state index contributed by atoms with van der Waals surface area (Å²) in [5, 5.41) is 80.1. The van der Waals surface area contributed by atoms with Gasteiger partial charge in [0.2, 0.25) is 0 Å². The highest BCUT2D eigenvalue weighted by atomic mass is 16.7. The van der Waals surface area contributed by atoms with E-state index in [9.17, 15) is 40.4 Å². The molecule has 404 valence electrons. The number of hydrogen-bond donors (Lipinski definition) is 5. The molecule has 0 bridgehead atoms. The molecule has 5 rings (SSSR count). The van der Waals surface area contributed by atoms with Crippen molar-refractivity contribution in [2.75, 3.05) is 40.9 Å². The average Bonchev–Trinajstić information content (AvgIpc) is 3.79. The summed E-state index contributed by atoms with van der Waals surface area (Å²) < 4.78 is 39.8. The maximum Gasteiger partial charge on any atom is 0.309 e. The van der Waals surface area contributed by atoms with Gasteiger partial charge in [0, 0.05) is 69.4 Å². The first kappa shape index (κ1) is 58.6. The Morgan fingerprint density at radius 3 is 2.30 bits per heavy atom. The molecule has 71 heavy (non-hydrogen) atoms. The van der Waals surface area contributed by atoms with Crippen LogP contribution in [-0.2, 0) is 52.8 Å². The fourth-order valence-electron chi connectivity index (χ4n) is 11.4. The summed E-state index contributed by atoms with van der Waals surface area (Å²) in [7, 11) is 5.31. The number of benzene rings is 1. The number of rotatable bonds is 16. The van der Waals surface area contributed by atoms with Gasteiger partial charge in [-0.25, -0.2) is 4.68 Å². The van der Waals surface area contributed by atoms with Crippen LogP contribution in [0.25, 0.3) is 0 Å². The van der Waals surface area contributed by atoms with Gasteiger partial charge in [-0.1, -0.05) is 39.8 Å². The minimum absolute atomic E-state index is 0.0222. The van der Waals surface area contributed by atoms with Crippen LogP contribution in [0.3, 0.4) is 0 Å². The first-order valence-electron chi connectivity index (χ1n) is 25.6. The zero-order valence-corrected chi connectivity index (χ0v) is 44.4. The van der Waals surface area contributed by atoms with Crippen molar-refractivity contribution in [3.8, 4) is 0 Å². The predicted molar refractivity (Wildman–Crippen MR) is 263 cm³/mol. The second-order valence-corrected chi connectivity index (χ2v) is 21.6. The lowest BCUT2D eigenvalue weighted by Gasteiger charge is -2.52. The van der Waals surface area contributed by atoms with Crippen LogP contribution in [0, 0.1) is 33.8 Å². The van der Waals surface area contributed by atoms with Gasteiger partial charge >= 0.3 is 5.97 Å². The van der Waals surface area contributed by atoms with Crippen molar-refractivity contribution in [2.45, 2.75) is 205 Å². The standard InChI is InChI=1S/C51H86N6O14/c1-14-41-50(10,62)44(59)34(7)55(12)27-30(3)25-51(63,15-2)46(32(5)42(33(6)47(61)70-41)40-26-49(9,66-13)45(60)35(8)69-40)71-48-43(58)39(24-31(4)68-48)54(11)21-20-37-28-56(53-52-37)22-23-67-29-36-16-18-38(19-17-36)57(64)65/h16-19,28,30-35,39-46,48,58-60,62-63H,14-15,20-27,29H2,1-13H3/t30-,31-,32+,33-,34-,35+,39+,40?,41-,42+,43-,44-,45+,46-,48+,49-,50-,51-/m1/s1. The molecular formula is C51H86N6O14. The Balaban J connectivity index is 1.41. The maximum absolute atomic E-state index is 14.7. The smallest absolute Gasteiger partial charge is 0.309 e. The summed E-state index contributed by atoms with van der Waals surface area (Å²) in [6.07, 6.45) is -4.82. The van der Waals surface area contributed by atoms with E-state index in [1.807, 2.05) is 66.7 Å². The molecule has 2 aromatic rings. The van der Waals surface area contributed by atoms with E-state index in [0.717, 1.165) is 11.3 Å². The predicted octanol–water partition coefficient (Wildman–Crippen LogP) is 3.89. The number of methoxy groups -OCH3 is 1. The number of aliphatic hydroxyl groups is 5. The molecule has 0 amide bonds. The van der Waals surface area contributed by atoms with E-state index in [2.05, 4.69) is 15.2 Å². The van der Waals surface area contributed by atoms with Crippen molar-refractivity contribution in [1.82, 2.24) is 24.8 Å². The third-order valence-electron chi connectivity index (χ3n) is 16.1. The van der Waals surface area contributed by atoms with Gasteiger partial charge in [-0.05, 0) is 104 Å². The molecule has 3 fully saturated rings. The molecule has 0 aliphatic carbocycles. The number of aliphatic hydroxyl groups excluding tert-OH is 3. The molecule has 0 radical (unpaired) electrons. The zero-order valence-electron chi connectivity index (χ0n) is 44.4. The largest absolute Gasteiger partial charge is 0.459 e. The number of cyclic esters (lactones) is 1. The number of nitro groups is 1. The molecule has 5 N–H and O–H groups in total. The third-order valence-corrected chi connectivity index (χ3v) is 16.1. The summed E-state index contributed by atoms with van der Waals surface area (Å²) in [5.41, 5.74) is -2.85. The van der Waals surface area contributed by atoms with Crippen LogP contribution in [0.2, 0.25) is 0 Å². The lowest BCUT2D eigenvalue weighted by Crippen LogP contribution is -2.62. The number of hydrogen-bond acceptors (Lipinski definition) is 18.